The van der Waals surface area contributed by atoms with Crippen LogP contribution in [0.5, 0.6) is 11.5 Å². The predicted octanol–water partition coefficient (Wildman–Crippen LogP) is 2.66. The zero-order valence-electron chi connectivity index (χ0n) is 18.1. The number of aromatic nitrogens is 5. The summed E-state index contributed by atoms with van der Waals surface area (Å²) in [5.41, 5.74) is 0.174. The fourth-order valence-electron chi connectivity index (χ4n) is 3.47. The van der Waals surface area contributed by atoms with Gasteiger partial charge in [0.25, 0.3) is 0 Å². The minimum Gasteiger partial charge on any atom is -0.507 e. The molecule has 10 nitrogen and oxygen atoms in total. The molecule has 0 aliphatic carbocycles. The molecule has 14 heteroatoms. The molecule has 1 aliphatic heterocycles. The Kier molecular flexibility index (Phi) is 6.61. The second-order valence-corrected chi connectivity index (χ2v) is 8.50. The van der Waals surface area contributed by atoms with Crippen molar-refractivity contribution in [2.24, 2.45) is 5.92 Å². The van der Waals surface area contributed by atoms with Crippen molar-refractivity contribution in [1.29, 1.82) is 0 Å². The van der Waals surface area contributed by atoms with Gasteiger partial charge >= 0.3 is 12.1 Å². The number of nitrogens with one attached hydrogen (secondary N) is 1. The summed E-state index contributed by atoms with van der Waals surface area (Å²) < 4.78 is 51.0. The monoisotopic (exact) mass is 495 g/mol. The number of phenols is 1. The predicted molar refractivity (Wildman–Crippen MR) is 116 cm³/mol. The van der Waals surface area contributed by atoms with Crippen molar-refractivity contribution in [2.45, 2.75) is 26.1 Å². The summed E-state index contributed by atoms with van der Waals surface area (Å²) in [6.45, 7) is 6.25. The number of carbonyl (C=O) groups excluding carboxylic acids is 1. The van der Waals surface area contributed by atoms with Crippen LogP contribution in [0.25, 0.3) is 22.5 Å². The maximum Gasteiger partial charge on any atom is 0.491 e. The third kappa shape index (κ3) is 5.07. The minimum atomic E-state index is -5.24. The number of halogens is 3. The van der Waals surface area contributed by atoms with Crippen molar-refractivity contribution in [1.82, 2.24) is 29.2 Å². The zero-order valence-corrected chi connectivity index (χ0v) is 18.9. The SMILES string of the molecule is CC(C)[C@H]1CN(c2ncc(-c3c(O)cc(-c4cnsn4)cc3OC(=O)C(F)(F)F)nn2)CCN1. The third-order valence-electron chi connectivity index (χ3n) is 5.27. The van der Waals surface area contributed by atoms with Crippen LogP contribution in [0.2, 0.25) is 0 Å². The van der Waals surface area contributed by atoms with Gasteiger partial charge in [0.15, 0.2) is 0 Å². The topological polar surface area (TPSA) is 126 Å². The molecule has 0 unspecified atom stereocenters. The lowest BCUT2D eigenvalue weighted by Gasteiger charge is -2.35. The Balaban J connectivity index is 1.69. The van der Waals surface area contributed by atoms with Gasteiger partial charge in [-0.15, -0.1) is 10.2 Å². The van der Waals surface area contributed by atoms with Crippen LogP contribution >= 0.6 is 11.7 Å². The van der Waals surface area contributed by atoms with Gasteiger partial charge in [-0.05, 0) is 18.1 Å². The zero-order chi connectivity index (χ0) is 24.5. The first-order chi connectivity index (χ1) is 16.1. The number of hydrogen-bond donors (Lipinski definition) is 2. The molecule has 4 rings (SSSR count). The summed E-state index contributed by atoms with van der Waals surface area (Å²) in [6, 6.07) is 2.65. The van der Waals surface area contributed by atoms with Crippen molar-refractivity contribution in [3.63, 3.8) is 0 Å². The lowest BCUT2D eigenvalue weighted by atomic mass is 10.0. The van der Waals surface area contributed by atoms with E-state index < -0.39 is 23.6 Å². The fraction of sp³-hybridized carbons (Fsp3) is 0.400. The summed E-state index contributed by atoms with van der Waals surface area (Å²) in [6.07, 6.45) is -2.62. The lowest BCUT2D eigenvalue weighted by Crippen LogP contribution is -2.53. The highest BCUT2D eigenvalue weighted by molar-refractivity contribution is 6.99. The van der Waals surface area contributed by atoms with E-state index >= 15 is 0 Å². The van der Waals surface area contributed by atoms with Crippen molar-refractivity contribution in [2.75, 3.05) is 24.5 Å². The first kappa shape index (κ1) is 23.8. The average molecular weight is 495 g/mol. The van der Waals surface area contributed by atoms with E-state index in [0.29, 0.717) is 25.0 Å². The summed E-state index contributed by atoms with van der Waals surface area (Å²) in [5.74, 6) is -2.75. The molecule has 34 heavy (non-hydrogen) atoms. The molecule has 1 saturated heterocycles. The number of carbonyl (C=O) groups is 1. The highest BCUT2D eigenvalue weighted by Crippen LogP contribution is 2.41. The Hall–Kier alpha value is -3.39. The highest BCUT2D eigenvalue weighted by Gasteiger charge is 2.42. The molecule has 2 aromatic heterocycles. The molecule has 180 valence electrons. The van der Waals surface area contributed by atoms with Crippen LogP contribution in [-0.4, -0.2) is 66.9 Å². The van der Waals surface area contributed by atoms with Gasteiger partial charge in [-0.2, -0.15) is 21.9 Å². The van der Waals surface area contributed by atoms with E-state index in [9.17, 15) is 23.1 Å². The van der Waals surface area contributed by atoms with Gasteiger partial charge < -0.3 is 20.1 Å². The number of hydrogen-bond acceptors (Lipinski definition) is 11. The lowest BCUT2D eigenvalue weighted by molar-refractivity contribution is -0.189. The van der Waals surface area contributed by atoms with Crippen LogP contribution in [0.15, 0.2) is 24.5 Å². The molecule has 0 spiro atoms. The Morgan fingerprint density at radius 1 is 1.26 bits per heavy atom. The first-order valence-electron chi connectivity index (χ1n) is 10.3. The van der Waals surface area contributed by atoms with E-state index in [2.05, 4.69) is 47.8 Å². The van der Waals surface area contributed by atoms with Crippen LogP contribution in [0, 0.1) is 5.92 Å². The van der Waals surface area contributed by atoms with Gasteiger partial charge in [-0.25, -0.2) is 9.78 Å². The molecule has 0 bridgehead atoms. The summed E-state index contributed by atoms with van der Waals surface area (Å²) in [4.78, 5) is 17.8. The number of piperazine rings is 1. The Bertz CT molecular complexity index is 1160. The molecule has 1 atom stereocenters. The standard InChI is InChI=1S/C20H20F3N7O3S/c1-10(2)14-9-30(4-3-24-14)19-25-7-13(27-28-19)17-15(31)5-11(12-8-26-34-29-12)6-16(17)33-18(32)20(21,22)23/h5-8,10,14,24,31H,3-4,9H2,1-2H3/t14-/m1/s1. The van der Waals surface area contributed by atoms with Gasteiger partial charge in [0.2, 0.25) is 5.95 Å². The first-order valence-corrected chi connectivity index (χ1v) is 11.0. The molecule has 0 radical (unpaired) electrons. The number of phenolic OH excluding ortho intramolecular Hbond substituents is 1. The number of ether oxygens (including phenoxy) is 1. The molecule has 1 fully saturated rings. The molecule has 1 aromatic carbocycles. The largest absolute Gasteiger partial charge is 0.507 e. The molecule has 1 aliphatic rings. The number of anilines is 1. The molecular formula is C20H20F3N7O3S. The summed E-state index contributed by atoms with van der Waals surface area (Å²) >= 11 is 0.871. The van der Waals surface area contributed by atoms with Crippen LogP contribution in [0.1, 0.15) is 13.8 Å². The highest BCUT2D eigenvalue weighted by atomic mass is 32.1. The average Bonchev–Trinajstić information content (AvgIpc) is 3.33. The van der Waals surface area contributed by atoms with E-state index in [0.717, 1.165) is 24.3 Å². The molecular weight excluding hydrogens is 475 g/mol. The van der Waals surface area contributed by atoms with E-state index in [1.165, 1.54) is 18.5 Å². The Morgan fingerprint density at radius 3 is 2.68 bits per heavy atom. The van der Waals surface area contributed by atoms with E-state index in [1.54, 1.807) is 0 Å². The summed E-state index contributed by atoms with van der Waals surface area (Å²) in [7, 11) is 0. The van der Waals surface area contributed by atoms with Crippen molar-refractivity contribution in [3.05, 3.63) is 24.5 Å². The van der Waals surface area contributed by atoms with Gasteiger partial charge in [-0.3, -0.25) is 0 Å². The van der Waals surface area contributed by atoms with E-state index in [1.807, 2.05) is 4.90 Å². The van der Waals surface area contributed by atoms with Gasteiger partial charge in [0, 0.05) is 31.2 Å². The second kappa shape index (κ2) is 9.46. The number of esters is 1. The van der Waals surface area contributed by atoms with Gasteiger partial charge in [0.05, 0.1) is 29.7 Å². The quantitative estimate of drug-likeness (QED) is 0.403. The van der Waals surface area contributed by atoms with E-state index in [-0.39, 0.29) is 28.6 Å². The third-order valence-corrected chi connectivity index (χ3v) is 5.75. The number of rotatable bonds is 5. The maximum absolute atomic E-state index is 12.9. The molecule has 2 N–H and O–H groups in total. The molecule has 3 aromatic rings. The second-order valence-electron chi connectivity index (χ2n) is 7.94. The van der Waals surface area contributed by atoms with Gasteiger partial charge in [0.1, 0.15) is 22.9 Å². The van der Waals surface area contributed by atoms with Gasteiger partial charge in [-0.1, -0.05) is 13.8 Å². The van der Waals surface area contributed by atoms with Crippen molar-refractivity contribution < 1.29 is 27.8 Å². The van der Waals surface area contributed by atoms with Crippen LogP contribution in [0.3, 0.4) is 0 Å². The summed E-state index contributed by atoms with van der Waals surface area (Å²) in [5, 5.41) is 22.2. The Morgan fingerprint density at radius 2 is 2.06 bits per heavy atom. The number of alkyl halides is 3. The van der Waals surface area contributed by atoms with Crippen LogP contribution in [-0.2, 0) is 4.79 Å². The fourth-order valence-corrected chi connectivity index (χ4v) is 3.91. The van der Waals surface area contributed by atoms with Crippen LogP contribution < -0.4 is 15.0 Å². The smallest absolute Gasteiger partial charge is 0.491 e. The van der Waals surface area contributed by atoms with Crippen molar-refractivity contribution >= 4 is 23.6 Å². The number of benzene rings is 1. The normalized spacial score (nSPS) is 16.6. The number of aromatic hydroxyl groups is 1. The number of nitrogens with zero attached hydrogens (tertiary/aromatic N) is 6. The molecule has 3 heterocycles. The maximum atomic E-state index is 12.9. The Labute approximate surface area is 196 Å². The minimum absolute atomic E-state index is 0.0651. The molecule has 0 amide bonds. The van der Waals surface area contributed by atoms with E-state index in [4.69, 9.17) is 0 Å². The van der Waals surface area contributed by atoms with Crippen LogP contribution in [0.4, 0.5) is 19.1 Å². The molecule has 0 saturated carbocycles. The van der Waals surface area contributed by atoms with Crippen molar-refractivity contribution in [3.8, 4) is 34.0 Å².